The first-order valence-electron chi connectivity index (χ1n) is 5.95. The number of halogens is 3. The lowest BCUT2D eigenvalue weighted by atomic mass is 10.1. The summed E-state index contributed by atoms with van der Waals surface area (Å²) < 4.78 is 64.6. The minimum absolute atomic E-state index is 0.206. The standard InChI is InChI=1S/C13H10F3N3O2S/c1-19-5-4-18-12(19)8-22(20,21)10-3-2-9(7-17)11(6-10)13(14,15)16/h2-6H,8H2,1H3. The minimum atomic E-state index is -4.81. The molecule has 0 amide bonds. The van der Waals surface area contributed by atoms with Crippen LogP contribution >= 0.6 is 0 Å². The van der Waals surface area contributed by atoms with Gasteiger partial charge in [0.25, 0.3) is 0 Å². The highest BCUT2D eigenvalue weighted by molar-refractivity contribution is 7.90. The van der Waals surface area contributed by atoms with E-state index in [2.05, 4.69) is 4.98 Å². The van der Waals surface area contributed by atoms with E-state index in [1.165, 1.54) is 23.0 Å². The van der Waals surface area contributed by atoms with Crippen molar-refractivity contribution in [1.82, 2.24) is 9.55 Å². The third-order valence-corrected chi connectivity index (χ3v) is 4.63. The van der Waals surface area contributed by atoms with E-state index in [9.17, 15) is 21.6 Å². The molecule has 22 heavy (non-hydrogen) atoms. The molecule has 2 rings (SSSR count). The molecule has 0 unspecified atom stereocenters. The SMILES string of the molecule is Cn1ccnc1CS(=O)(=O)c1ccc(C#N)c(C(F)(F)F)c1. The molecule has 2 aromatic rings. The lowest BCUT2D eigenvalue weighted by Gasteiger charge is -2.11. The van der Waals surface area contributed by atoms with Gasteiger partial charge in [-0.05, 0) is 18.2 Å². The van der Waals surface area contributed by atoms with E-state index in [4.69, 9.17) is 5.26 Å². The Morgan fingerprint density at radius 1 is 1.36 bits per heavy atom. The molecule has 1 aromatic heterocycles. The lowest BCUT2D eigenvalue weighted by molar-refractivity contribution is -0.137. The smallest absolute Gasteiger partial charge is 0.337 e. The number of hydrogen-bond acceptors (Lipinski definition) is 4. The van der Waals surface area contributed by atoms with Crippen LogP contribution in [-0.2, 0) is 28.8 Å². The summed E-state index contributed by atoms with van der Waals surface area (Å²) in [5.74, 6) is -0.322. The average Bonchev–Trinajstić information content (AvgIpc) is 2.82. The van der Waals surface area contributed by atoms with Crippen molar-refractivity contribution in [3.05, 3.63) is 47.5 Å². The zero-order chi connectivity index (χ0) is 16.5. The van der Waals surface area contributed by atoms with Crippen molar-refractivity contribution in [3.63, 3.8) is 0 Å². The molecule has 0 saturated heterocycles. The number of sulfone groups is 1. The molecule has 0 saturated carbocycles. The quantitative estimate of drug-likeness (QED) is 0.866. The van der Waals surface area contributed by atoms with Crippen molar-refractivity contribution in [2.45, 2.75) is 16.8 Å². The molecule has 0 bridgehead atoms. The second kappa shape index (κ2) is 5.46. The maximum absolute atomic E-state index is 12.9. The second-order valence-corrected chi connectivity index (χ2v) is 6.52. The Balaban J connectivity index is 2.49. The summed E-state index contributed by atoms with van der Waals surface area (Å²) in [6.07, 6.45) is -1.88. The summed E-state index contributed by atoms with van der Waals surface area (Å²) in [5, 5.41) is 8.71. The third kappa shape index (κ3) is 3.12. The Hall–Kier alpha value is -2.34. The van der Waals surface area contributed by atoms with E-state index in [0.29, 0.717) is 6.07 Å². The maximum atomic E-state index is 12.9. The van der Waals surface area contributed by atoms with Crippen LogP contribution in [0.3, 0.4) is 0 Å². The number of aromatic nitrogens is 2. The van der Waals surface area contributed by atoms with Gasteiger partial charge in [-0.1, -0.05) is 0 Å². The van der Waals surface area contributed by atoms with Gasteiger partial charge >= 0.3 is 6.18 Å². The van der Waals surface area contributed by atoms with E-state index in [1.54, 1.807) is 7.05 Å². The van der Waals surface area contributed by atoms with E-state index < -0.39 is 37.8 Å². The number of rotatable bonds is 3. The number of nitrogens with zero attached hydrogens (tertiary/aromatic N) is 3. The molecule has 0 aliphatic rings. The summed E-state index contributed by atoms with van der Waals surface area (Å²) in [5.41, 5.74) is -1.89. The molecule has 5 nitrogen and oxygen atoms in total. The summed E-state index contributed by atoms with van der Waals surface area (Å²) in [4.78, 5) is 3.34. The molecule has 116 valence electrons. The van der Waals surface area contributed by atoms with E-state index in [-0.39, 0.29) is 5.82 Å². The average molecular weight is 329 g/mol. The number of benzene rings is 1. The minimum Gasteiger partial charge on any atom is -0.337 e. The molecular formula is C13H10F3N3O2S. The molecule has 0 spiro atoms. The highest BCUT2D eigenvalue weighted by Crippen LogP contribution is 2.33. The maximum Gasteiger partial charge on any atom is 0.417 e. The predicted molar refractivity (Wildman–Crippen MR) is 70.3 cm³/mol. The predicted octanol–water partition coefficient (Wildman–Crippen LogP) is 2.28. The van der Waals surface area contributed by atoms with Gasteiger partial charge in [0.2, 0.25) is 0 Å². The number of nitriles is 1. The van der Waals surface area contributed by atoms with Crippen molar-refractivity contribution in [3.8, 4) is 6.07 Å². The van der Waals surface area contributed by atoms with E-state index >= 15 is 0 Å². The van der Waals surface area contributed by atoms with Crippen molar-refractivity contribution in [2.75, 3.05) is 0 Å². The molecule has 0 aliphatic heterocycles. The van der Waals surface area contributed by atoms with Gasteiger partial charge in [0.05, 0.1) is 22.1 Å². The highest BCUT2D eigenvalue weighted by atomic mass is 32.2. The number of hydrogen-bond donors (Lipinski definition) is 0. The molecule has 0 radical (unpaired) electrons. The molecule has 0 atom stereocenters. The lowest BCUT2D eigenvalue weighted by Crippen LogP contribution is -2.13. The Morgan fingerprint density at radius 3 is 2.55 bits per heavy atom. The number of aryl methyl sites for hydroxylation is 1. The topological polar surface area (TPSA) is 75.8 Å². The normalized spacial score (nSPS) is 12.1. The van der Waals surface area contributed by atoms with Crippen molar-refractivity contribution in [2.24, 2.45) is 7.05 Å². The Bertz CT molecular complexity index is 848. The van der Waals surface area contributed by atoms with Crippen LogP contribution in [0.25, 0.3) is 0 Å². The van der Waals surface area contributed by atoms with Crippen LogP contribution < -0.4 is 0 Å². The van der Waals surface area contributed by atoms with Gasteiger partial charge in [0.1, 0.15) is 11.6 Å². The highest BCUT2D eigenvalue weighted by Gasteiger charge is 2.35. The molecule has 1 aromatic carbocycles. The van der Waals surface area contributed by atoms with Gasteiger partial charge in [-0.2, -0.15) is 18.4 Å². The number of alkyl halides is 3. The van der Waals surface area contributed by atoms with Gasteiger partial charge in [-0.15, -0.1) is 0 Å². The van der Waals surface area contributed by atoms with Crippen molar-refractivity contribution < 1.29 is 21.6 Å². The first-order chi connectivity index (χ1) is 10.1. The fraction of sp³-hybridized carbons (Fsp3) is 0.231. The fourth-order valence-electron chi connectivity index (χ4n) is 1.84. The Labute approximate surface area is 124 Å². The Kier molecular flexibility index (Phi) is 3.98. The van der Waals surface area contributed by atoms with Crippen LogP contribution in [0.4, 0.5) is 13.2 Å². The largest absolute Gasteiger partial charge is 0.417 e. The van der Waals surface area contributed by atoms with E-state index in [1.807, 2.05) is 0 Å². The van der Waals surface area contributed by atoms with E-state index in [0.717, 1.165) is 12.1 Å². The molecule has 1 heterocycles. The molecular weight excluding hydrogens is 319 g/mol. The third-order valence-electron chi connectivity index (χ3n) is 3.02. The summed E-state index contributed by atoms with van der Waals surface area (Å²) in [7, 11) is -2.43. The number of imidazole rings is 1. The van der Waals surface area contributed by atoms with Gasteiger partial charge in [0.15, 0.2) is 9.84 Å². The zero-order valence-corrected chi connectivity index (χ0v) is 12.1. The molecule has 0 N–H and O–H groups in total. The first-order valence-corrected chi connectivity index (χ1v) is 7.60. The van der Waals surface area contributed by atoms with Crippen LogP contribution in [0.15, 0.2) is 35.5 Å². The van der Waals surface area contributed by atoms with Gasteiger partial charge in [-0.3, -0.25) is 0 Å². The molecule has 0 fully saturated rings. The van der Waals surface area contributed by atoms with Gasteiger partial charge in [0, 0.05) is 19.4 Å². The fourth-order valence-corrected chi connectivity index (χ4v) is 3.20. The molecule has 9 heteroatoms. The van der Waals surface area contributed by atoms with Crippen LogP contribution in [0.5, 0.6) is 0 Å². The summed E-state index contributed by atoms with van der Waals surface area (Å²) in [6.45, 7) is 0. The van der Waals surface area contributed by atoms with Crippen LogP contribution in [0.1, 0.15) is 17.0 Å². The van der Waals surface area contributed by atoms with Crippen LogP contribution in [-0.4, -0.2) is 18.0 Å². The monoisotopic (exact) mass is 329 g/mol. The van der Waals surface area contributed by atoms with Crippen molar-refractivity contribution >= 4 is 9.84 Å². The van der Waals surface area contributed by atoms with Gasteiger partial charge in [-0.25, -0.2) is 13.4 Å². The Morgan fingerprint density at radius 2 is 2.05 bits per heavy atom. The second-order valence-electron chi connectivity index (χ2n) is 4.53. The summed E-state index contributed by atoms with van der Waals surface area (Å²) in [6, 6.07) is 3.73. The van der Waals surface area contributed by atoms with Crippen LogP contribution in [0, 0.1) is 11.3 Å². The molecule has 0 aliphatic carbocycles. The van der Waals surface area contributed by atoms with Gasteiger partial charge < -0.3 is 4.57 Å². The summed E-state index contributed by atoms with van der Waals surface area (Å²) >= 11 is 0. The first kappa shape index (κ1) is 16.0. The van der Waals surface area contributed by atoms with Crippen LogP contribution in [0.2, 0.25) is 0 Å². The zero-order valence-electron chi connectivity index (χ0n) is 11.3. The van der Waals surface area contributed by atoms with Crippen molar-refractivity contribution in [1.29, 1.82) is 5.26 Å².